The number of nitrogens with two attached hydrogens (primary N) is 1. The number of anilines is 1. The number of nitrogens with zero attached hydrogens (tertiary/aromatic N) is 2. The summed E-state index contributed by atoms with van der Waals surface area (Å²) in [5, 5.41) is 11.4. The molecule has 0 aliphatic rings. The van der Waals surface area contributed by atoms with Crippen molar-refractivity contribution in [1.29, 1.82) is 0 Å². The summed E-state index contributed by atoms with van der Waals surface area (Å²) in [5.41, 5.74) is 6.59. The summed E-state index contributed by atoms with van der Waals surface area (Å²) in [7, 11) is 0. The summed E-state index contributed by atoms with van der Waals surface area (Å²) >= 11 is 0. The Labute approximate surface area is 157 Å². The van der Waals surface area contributed by atoms with Crippen LogP contribution in [-0.4, -0.2) is 9.91 Å². The van der Waals surface area contributed by atoms with Crippen molar-refractivity contribution >= 4 is 22.3 Å². The summed E-state index contributed by atoms with van der Waals surface area (Å²) < 4.78 is 0. The molecule has 3 rings (SSSR count). The molecule has 0 aliphatic heterocycles. The molecule has 0 fully saturated rings. The SMILES string of the molecule is C/C=C\CC.Nc1cc([N+](=O)[O-])c2ncc(-c3ccccc3)cc2c(=O)c1. The minimum atomic E-state index is -0.590. The molecule has 0 radical (unpaired) electrons. The maximum absolute atomic E-state index is 12.2. The average molecular weight is 363 g/mol. The lowest BCUT2D eigenvalue weighted by atomic mass is 10.1. The molecule has 0 spiro atoms. The third-order valence-corrected chi connectivity index (χ3v) is 3.77. The van der Waals surface area contributed by atoms with Gasteiger partial charge in [-0.05, 0) is 25.0 Å². The van der Waals surface area contributed by atoms with E-state index in [1.54, 1.807) is 6.07 Å². The maximum atomic E-state index is 12.2. The van der Waals surface area contributed by atoms with Crippen LogP contribution in [0.5, 0.6) is 0 Å². The van der Waals surface area contributed by atoms with E-state index in [0.29, 0.717) is 5.56 Å². The zero-order valence-electron chi connectivity index (χ0n) is 15.3. The summed E-state index contributed by atoms with van der Waals surface area (Å²) in [5.74, 6) is 0. The molecule has 6 nitrogen and oxygen atoms in total. The Morgan fingerprint density at radius 2 is 1.85 bits per heavy atom. The minimum absolute atomic E-state index is 0.0337. The molecule has 0 saturated carbocycles. The zero-order chi connectivity index (χ0) is 19.8. The van der Waals surface area contributed by atoms with E-state index in [-0.39, 0.29) is 22.3 Å². The molecule has 6 heteroatoms. The Morgan fingerprint density at radius 3 is 2.41 bits per heavy atom. The van der Waals surface area contributed by atoms with E-state index in [4.69, 9.17) is 5.73 Å². The quantitative estimate of drug-likeness (QED) is 0.412. The van der Waals surface area contributed by atoms with E-state index >= 15 is 0 Å². The second kappa shape index (κ2) is 9.24. The van der Waals surface area contributed by atoms with Crippen LogP contribution in [0.4, 0.5) is 11.4 Å². The monoisotopic (exact) mass is 363 g/mol. The predicted octanol–water partition coefficient (Wildman–Crippen LogP) is 4.72. The van der Waals surface area contributed by atoms with E-state index in [2.05, 4.69) is 24.1 Å². The first-order valence-electron chi connectivity index (χ1n) is 8.52. The van der Waals surface area contributed by atoms with E-state index in [1.165, 1.54) is 12.3 Å². The van der Waals surface area contributed by atoms with Crippen molar-refractivity contribution in [3.63, 3.8) is 0 Å². The van der Waals surface area contributed by atoms with Crippen LogP contribution in [0.2, 0.25) is 0 Å². The number of benzene rings is 1. The Bertz CT molecular complexity index is 1030. The molecular weight excluding hydrogens is 342 g/mol. The number of nitro groups is 1. The molecule has 3 aromatic rings. The molecule has 0 saturated heterocycles. The van der Waals surface area contributed by atoms with Crippen LogP contribution >= 0.6 is 0 Å². The Morgan fingerprint density at radius 1 is 1.15 bits per heavy atom. The van der Waals surface area contributed by atoms with Gasteiger partial charge in [-0.15, -0.1) is 0 Å². The lowest BCUT2D eigenvalue weighted by molar-refractivity contribution is -0.383. The number of aromatic nitrogens is 1. The number of hydrogen-bond acceptors (Lipinski definition) is 5. The number of rotatable bonds is 3. The van der Waals surface area contributed by atoms with Crippen LogP contribution in [0.25, 0.3) is 22.0 Å². The first-order valence-corrected chi connectivity index (χ1v) is 8.52. The molecule has 1 heterocycles. The van der Waals surface area contributed by atoms with Gasteiger partial charge in [0.2, 0.25) is 0 Å². The van der Waals surface area contributed by atoms with Gasteiger partial charge in [-0.25, -0.2) is 4.98 Å². The summed E-state index contributed by atoms with van der Waals surface area (Å²) in [6, 6.07) is 13.3. The van der Waals surface area contributed by atoms with Gasteiger partial charge in [0.15, 0.2) is 10.9 Å². The molecule has 2 N–H and O–H groups in total. The van der Waals surface area contributed by atoms with Crippen molar-refractivity contribution in [1.82, 2.24) is 4.98 Å². The van der Waals surface area contributed by atoms with Gasteiger partial charge < -0.3 is 5.73 Å². The smallest absolute Gasteiger partial charge is 0.297 e. The van der Waals surface area contributed by atoms with Gasteiger partial charge in [0.05, 0.1) is 10.3 Å². The molecule has 2 aromatic carbocycles. The first-order chi connectivity index (χ1) is 13.0. The van der Waals surface area contributed by atoms with E-state index in [1.807, 2.05) is 37.3 Å². The van der Waals surface area contributed by atoms with Gasteiger partial charge in [-0.1, -0.05) is 49.4 Å². The van der Waals surface area contributed by atoms with E-state index in [9.17, 15) is 14.9 Å². The molecular formula is C21H21N3O3. The Balaban J connectivity index is 0.000000465. The number of nitrogen functional groups attached to an aromatic ring is 1. The van der Waals surface area contributed by atoms with Crippen molar-refractivity contribution in [2.75, 3.05) is 5.73 Å². The Kier molecular flexibility index (Phi) is 6.77. The predicted molar refractivity (Wildman–Crippen MR) is 110 cm³/mol. The molecule has 0 amide bonds. The lowest BCUT2D eigenvalue weighted by Gasteiger charge is -2.01. The second-order valence-electron chi connectivity index (χ2n) is 5.76. The summed E-state index contributed by atoms with van der Waals surface area (Å²) in [6.45, 7) is 4.16. The standard InChI is InChI=1S/C16H11N3O3.C5H10/c17-12-7-14(19(21)22)16-13(15(20)8-12)6-11(9-18-16)10-4-2-1-3-5-10;1-3-5-4-2/h1-9H,17H2;3,5H,4H2,1-2H3/b;5-3-. The molecule has 27 heavy (non-hydrogen) atoms. The normalized spacial score (nSPS) is 10.4. The van der Waals surface area contributed by atoms with Crippen molar-refractivity contribution < 1.29 is 4.92 Å². The van der Waals surface area contributed by atoms with Gasteiger partial charge in [0, 0.05) is 29.6 Å². The topological polar surface area (TPSA) is 99.1 Å². The first kappa shape index (κ1) is 19.8. The Hall–Kier alpha value is -3.54. The van der Waals surface area contributed by atoms with Crippen molar-refractivity contribution in [3.8, 4) is 11.1 Å². The number of allylic oxidation sites excluding steroid dienone is 2. The fraction of sp³-hybridized carbons (Fsp3) is 0.143. The van der Waals surface area contributed by atoms with Gasteiger partial charge in [0.25, 0.3) is 5.69 Å². The van der Waals surface area contributed by atoms with Gasteiger partial charge in [0.1, 0.15) is 0 Å². The third-order valence-electron chi connectivity index (χ3n) is 3.77. The highest BCUT2D eigenvalue weighted by Crippen LogP contribution is 2.26. The van der Waals surface area contributed by atoms with Crippen LogP contribution in [0.15, 0.2) is 71.7 Å². The fourth-order valence-corrected chi connectivity index (χ4v) is 2.52. The summed E-state index contributed by atoms with van der Waals surface area (Å²) in [6.07, 6.45) is 6.86. The maximum Gasteiger partial charge on any atom is 0.297 e. The summed E-state index contributed by atoms with van der Waals surface area (Å²) in [4.78, 5) is 26.9. The number of pyridine rings is 1. The van der Waals surface area contributed by atoms with Crippen LogP contribution < -0.4 is 11.2 Å². The van der Waals surface area contributed by atoms with Crippen LogP contribution in [0.1, 0.15) is 20.3 Å². The molecule has 0 aliphatic carbocycles. The minimum Gasteiger partial charge on any atom is -0.398 e. The average Bonchev–Trinajstić information content (AvgIpc) is 2.79. The van der Waals surface area contributed by atoms with Crippen LogP contribution in [0.3, 0.4) is 0 Å². The van der Waals surface area contributed by atoms with Crippen LogP contribution in [-0.2, 0) is 0 Å². The molecule has 0 bridgehead atoms. The van der Waals surface area contributed by atoms with Gasteiger partial charge in [-0.3, -0.25) is 14.9 Å². The molecule has 0 unspecified atom stereocenters. The highest BCUT2D eigenvalue weighted by molar-refractivity contribution is 5.90. The fourth-order valence-electron chi connectivity index (χ4n) is 2.52. The zero-order valence-corrected chi connectivity index (χ0v) is 15.3. The van der Waals surface area contributed by atoms with E-state index < -0.39 is 10.4 Å². The molecule has 1 aromatic heterocycles. The number of hydrogen-bond donors (Lipinski definition) is 1. The van der Waals surface area contributed by atoms with E-state index in [0.717, 1.165) is 18.1 Å². The molecule has 138 valence electrons. The van der Waals surface area contributed by atoms with Crippen molar-refractivity contribution in [2.24, 2.45) is 0 Å². The highest BCUT2D eigenvalue weighted by atomic mass is 16.6. The van der Waals surface area contributed by atoms with Crippen molar-refractivity contribution in [3.05, 3.63) is 87.2 Å². The third kappa shape index (κ3) is 4.98. The second-order valence-corrected chi connectivity index (χ2v) is 5.76. The number of fused-ring (bicyclic) bond motifs is 1. The van der Waals surface area contributed by atoms with Gasteiger partial charge in [-0.2, -0.15) is 0 Å². The largest absolute Gasteiger partial charge is 0.398 e. The highest BCUT2D eigenvalue weighted by Gasteiger charge is 2.15. The van der Waals surface area contributed by atoms with Crippen molar-refractivity contribution in [2.45, 2.75) is 20.3 Å². The van der Waals surface area contributed by atoms with Gasteiger partial charge >= 0.3 is 0 Å². The lowest BCUT2D eigenvalue weighted by Crippen LogP contribution is -1.99. The molecule has 0 atom stereocenters. The van der Waals surface area contributed by atoms with Crippen LogP contribution in [0, 0.1) is 10.1 Å².